The molecule has 0 radical (unpaired) electrons. The van der Waals surface area contributed by atoms with Crippen molar-refractivity contribution in [2.45, 2.75) is 25.3 Å². The number of nitrogens with zero attached hydrogens (tertiary/aromatic N) is 2. The first kappa shape index (κ1) is 24.8. The summed E-state index contributed by atoms with van der Waals surface area (Å²) in [6, 6.07) is 17.5. The average molecular weight is 519 g/mol. The summed E-state index contributed by atoms with van der Waals surface area (Å²) in [6.45, 7) is 1.41. The first-order valence-electron chi connectivity index (χ1n) is 12.3. The number of ether oxygens (including phenoxy) is 3. The van der Waals surface area contributed by atoms with E-state index in [9.17, 15) is 9.59 Å². The second-order valence-electron chi connectivity index (χ2n) is 8.89. The summed E-state index contributed by atoms with van der Waals surface area (Å²) in [4.78, 5) is 32.4. The Morgan fingerprint density at radius 1 is 1.03 bits per heavy atom. The molecule has 2 heterocycles. The molecule has 0 N–H and O–H groups in total. The number of carbonyl (C=O) groups is 2. The Balaban J connectivity index is 1.23. The number of amides is 1. The highest BCUT2D eigenvalue weighted by Crippen LogP contribution is 2.38. The van der Waals surface area contributed by atoms with Gasteiger partial charge in [-0.25, -0.2) is 0 Å². The molecule has 0 aliphatic carbocycles. The maximum Gasteiger partial charge on any atom is 0.256 e. The number of hydrogen-bond acceptors (Lipinski definition) is 6. The van der Waals surface area contributed by atoms with Crippen LogP contribution in [0.5, 0.6) is 17.2 Å². The molecule has 2 aliphatic rings. The van der Waals surface area contributed by atoms with Crippen molar-refractivity contribution in [3.8, 4) is 17.2 Å². The average Bonchev–Trinajstić information content (AvgIpc) is 3.36. The van der Waals surface area contributed by atoms with E-state index in [0.29, 0.717) is 64.3 Å². The van der Waals surface area contributed by atoms with Crippen LogP contribution in [0.25, 0.3) is 0 Å². The number of methoxy groups -OCH3 is 1. The van der Waals surface area contributed by atoms with Gasteiger partial charge in [-0.2, -0.15) is 0 Å². The molecule has 0 aromatic heterocycles. The molecular weight excluding hydrogens is 492 g/mol. The van der Waals surface area contributed by atoms with Crippen molar-refractivity contribution in [2.75, 3.05) is 26.9 Å². The van der Waals surface area contributed by atoms with Crippen molar-refractivity contribution >= 4 is 35.2 Å². The highest BCUT2D eigenvalue weighted by Gasteiger charge is 2.32. The van der Waals surface area contributed by atoms with Crippen LogP contribution in [0.3, 0.4) is 0 Å². The fraction of sp³-hybridized carbons (Fsp3) is 0.276. The zero-order valence-corrected chi connectivity index (χ0v) is 21.2. The van der Waals surface area contributed by atoms with Crippen LogP contribution in [0.2, 0.25) is 5.02 Å². The van der Waals surface area contributed by atoms with E-state index in [-0.39, 0.29) is 17.7 Å². The predicted octanol–water partition coefficient (Wildman–Crippen LogP) is 5.75. The van der Waals surface area contributed by atoms with Gasteiger partial charge in [-0.05, 0) is 37.1 Å². The van der Waals surface area contributed by atoms with Gasteiger partial charge in [-0.1, -0.05) is 41.9 Å². The third-order valence-electron chi connectivity index (χ3n) is 6.48. The first-order valence-corrected chi connectivity index (χ1v) is 12.6. The second kappa shape index (κ2) is 11.0. The molecular formula is C29H27ClN2O5. The largest absolute Gasteiger partial charge is 0.493 e. The number of aliphatic imine (C=N–C) groups is 1. The summed E-state index contributed by atoms with van der Waals surface area (Å²) in [5, 5.41) is 0.465. The van der Waals surface area contributed by atoms with Crippen LogP contribution < -0.4 is 14.2 Å². The van der Waals surface area contributed by atoms with Crippen LogP contribution >= 0.6 is 11.6 Å². The van der Waals surface area contributed by atoms with Crippen LogP contribution in [-0.2, 0) is 0 Å². The topological polar surface area (TPSA) is 77.4 Å². The monoisotopic (exact) mass is 518 g/mol. The van der Waals surface area contributed by atoms with E-state index in [1.54, 1.807) is 49.6 Å². The van der Waals surface area contributed by atoms with Crippen molar-refractivity contribution in [1.82, 2.24) is 4.90 Å². The van der Waals surface area contributed by atoms with Gasteiger partial charge in [0.2, 0.25) is 0 Å². The standard InChI is InChI=1S/C29H27ClN2O5/c1-35-26-16-22-24(31-18-21-9-5-12-32(21)29(22)34)17-27(26)37-14-6-13-36-25-11-10-20(30)15-23(25)28(33)19-7-3-2-4-8-19/h2-4,7-8,10-11,15-18,21H,5-6,9,12-14H2,1H3. The smallest absolute Gasteiger partial charge is 0.256 e. The van der Waals surface area contributed by atoms with Crippen LogP contribution in [0.15, 0.2) is 65.7 Å². The number of halogens is 1. The van der Waals surface area contributed by atoms with Gasteiger partial charge in [-0.3, -0.25) is 14.6 Å². The highest BCUT2D eigenvalue weighted by molar-refractivity contribution is 6.31. The quantitative estimate of drug-likeness (QED) is 0.266. The van der Waals surface area contributed by atoms with Gasteiger partial charge < -0.3 is 19.1 Å². The predicted molar refractivity (Wildman–Crippen MR) is 142 cm³/mol. The lowest BCUT2D eigenvalue weighted by Gasteiger charge is -2.20. The Morgan fingerprint density at radius 2 is 1.81 bits per heavy atom. The maximum atomic E-state index is 13.0. The van der Waals surface area contributed by atoms with Crippen LogP contribution in [-0.4, -0.2) is 55.7 Å². The van der Waals surface area contributed by atoms with E-state index in [1.165, 1.54) is 0 Å². The molecule has 2 aliphatic heterocycles. The Kier molecular flexibility index (Phi) is 7.42. The number of benzene rings is 3. The number of carbonyl (C=O) groups excluding carboxylic acids is 2. The van der Waals surface area contributed by atoms with Gasteiger partial charge >= 0.3 is 0 Å². The minimum absolute atomic E-state index is 0.0305. The van der Waals surface area contributed by atoms with Crippen molar-refractivity contribution < 1.29 is 23.8 Å². The zero-order valence-electron chi connectivity index (χ0n) is 20.5. The molecule has 190 valence electrons. The molecule has 1 atom stereocenters. The zero-order chi connectivity index (χ0) is 25.8. The summed E-state index contributed by atoms with van der Waals surface area (Å²) < 4.78 is 17.4. The van der Waals surface area contributed by atoms with Crippen molar-refractivity contribution in [2.24, 2.45) is 4.99 Å². The fourth-order valence-corrected chi connectivity index (χ4v) is 4.77. The number of hydrogen-bond donors (Lipinski definition) is 0. The van der Waals surface area contributed by atoms with E-state index < -0.39 is 0 Å². The molecule has 1 fully saturated rings. The minimum atomic E-state index is -0.153. The van der Waals surface area contributed by atoms with Crippen LogP contribution in [0.4, 0.5) is 5.69 Å². The van der Waals surface area contributed by atoms with Crippen molar-refractivity contribution in [3.63, 3.8) is 0 Å². The molecule has 1 amide bonds. The second-order valence-corrected chi connectivity index (χ2v) is 9.33. The van der Waals surface area contributed by atoms with Gasteiger partial charge in [0, 0.05) is 35.8 Å². The molecule has 0 saturated carbocycles. The fourth-order valence-electron chi connectivity index (χ4n) is 4.59. The Labute approximate surface area is 220 Å². The Hall–Kier alpha value is -3.84. The number of rotatable bonds is 9. The summed E-state index contributed by atoms with van der Waals surface area (Å²) in [6.07, 6.45) is 4.31. The molecule has 7 nitrogen and oxygen atoms in total. The molecule has 3 aromatic carbocycles. The van der Waals surface area contributed by atoms with E-state index in [4.69, 9.17) is 25.8 Å². The summed E-state index contributed by atoms with van der Waals surface area (Å²) in [5.41, 5.74) is 2.08. The summed E-state index contributed by atoms with van der Waals surface area (Å²) in [7, 11) is 1.55. The molecule has 0 bridgehead atoms. The van der Waals surface area contributed by atoms with E-state index >= 15 is 0 Å². The van der Waals surface area contributed by atoms with E-state index in [1.807, 2.05) is 29.3 Å². The number of fused-ring (bicyclic) bond motifs is 2. The third kappa shape index (κ3) is 5.32. The molecule has 3 aromatic rings. The van der Waals surface area contributed by atoms with Crippen LogP contribution in [0.1, 0.15) is 45.5 Å². The Bertz CT molecular complexity index is 1340. The molecule has 1 unspecified atom stereocenters. The van der Waals surface area contributed by atoms with E-state index in [0.717, 1.165) is 19.4 Å². The molecule has 0 spiro atoms. The first-order chi connectivity index (χ1) is 18.0. The Morgan fingerprint density at radius 3 is 2.59 bits per heavy atom. The SMILES string of the molecule is COc1cc2c(cc1OCCCOc1ccc(Cl)cc1C(=O)c1ccccc1)N=CC1CCCN1C2=O. The van der Waals surface area contributed by atoms with Gasteiger partial charge in [0.1, 0.15) is 5.75 Å². The van der Waals surface area contributed by atoms with Gasteiger partial charge in [0.25, 0.3) is 5.91 Å². The molecule has 1 saturated heterocycles. The highest BCUT2D eigenvalue weighted by atomic mass is 35.5. The van der Waals surface area contributed by atoms with Gasteiger partial charge in [0.15, 0.2) is 17.3 Å². The summed E-state index contributed by atoms with van der Waals surface area (Å²) in [5.74, 6) is 1.28. The summed E-state index contributed by atoms with van der Waals surface area (Å²) >= 11 is 6.15. The van der Waals surface area contributed by atoms with Gasteiger partial charge in [-0.15, -0.1) is 0 Å². The third-order valence-corrected chi connectivity index (χ3v) is 6.72. The molecule has 5 rings (SSSR count). The molecule has 37 heavy (non-hydrogen) atoms. The number of ketones is 1. The lowest BCUT2D eigenvalue weighted by atomic mass is 10.0. The van der Waals surface area contributed by atoms with Gasteiger partial charge in [0.05, 0.1) is 43.2 Å². The molecule has 8 heteroatoms. The maximum absolute atomic E-state index is 13.0. The normalized spacial score (nSPS) is 16.1. The lowest BCUT2D eigenvalue weighted by molar-refractivity contribution is 0.0774. The lowest BCUT2D eigenvalue weighted by Crippen LogP contribution is -2.35. The van der Waals surface area contributed by atoms with Crippen molar-refractivity contribution in [1.29, 1.82) is 0 Å². The van der Waals surface area contributed by atoms with Crippen LogP contribution in [0, 0.1) is 0 Å². The van der Waals surface area contributed by atoms with E-state index in [2.05, 4.69) is 4.99 Å². The van der Waals surface area contributed by atoms with Crippen molar-refractivity contribution in [3.05, 3.63) is 82.4 Å². The minimum Gasteiger partial charge on any atom is -0.493 e.